The van der Waals surface area contributed by atoms with Gasteiger partial charge in [-0.2, -0.15) is 4.37 Å². The molecule has 0 saturated heterocycles. The van der Waals surface area contributed by atoms with Crippen molar-refractivity contribution < 1.29 is 23.9 Å². The summed E-state index contributed by atoms with van der Waals surface area (Å²) in [6.45, 7) is 9.10. The Morgan fingerprint density at radius 2 is 1.81 bits per heavy atom. The van der Waals surface area contributed by atoms with Crippen LogP contribution in [-0.2, 0) is 22.5 Å². The first-order chi connectivity index (χ1) is 20.3. The van der Waals surface area contributed by atoms with Gasteiger partial charge in [-0.25, -0.2) is 9.79 Å². The molecule has 3 rings (SSSR count). The van der Waals surface area contributed by atoms with Crippen LogP contribution in [0.1, 0.15) is 60.5 Å². The molecule has 0 aliphatic carbocycles. The number of methoxy groups -OCH3 is 1. The highest BCUT2D eigenvalue weighted by atomic mass is 79.9. The lowest BCUT2D eigenvalue weighted by Crippen LogP contribution is -2.46. The van der Waals surface area contributed by atoms with Crippen molar-refractivity contribution in [3.05, 3.63) is 63.0 Å². The van der Waals surface area contributed by atoms with E-state index in [2.05, 4.69) is 41.2 Å². The van der Waals surface area contributed by atoms with Crippen LogP contribution >= 0.6 is 39.1 Å². The molecule has 0 fully saturated rings. The topological polar surface area (TPSA) is 131 Å². The molecule has 0 atom stereocenters. The van der Waals surface area contributed by atoms with Crippen molar-refractivity contribution >= 4 is 68.6 Å². The Morgan fingerprint density at radius 1 is 1.12 bits per heavy atom. The molecule has 0 aliphatic rings. The molecule has 13 heteroatoms. The smallest absolute Gasteiger partial charge is 0.414 e. The number of nitrogens with one attached hydrogen (secondary N) is 3. The number of benzene rings is 2. The fourth-order valence-electron chi connectivity index (χ4n) is 3.99. The molecular weight excluding hydrogens is 658 g/mol. The van der Waals surface area contributed by atoms with Crippen LogP contribution < -0.4 is 20.7 Å². The number of hydrogen-bond donors (Lipinski definition) is 3. The summed E-state index contributed by atoms with van der Waals surface area (Å²) in [7, 11) is 1.58. The predicted octanol–water partition coefficient (Wildman–Crippen LogP) is 6.88. The Hall–Kier alpha value is -3.48. The van der Waals surface area contributed by atoms with Gasteiger partial charge in [-0.15, -0.1) is 0 Å². The lowest BCUT2D eigenvalue weighted by Gasteiger charge is -2.20. The first-order valence-electron chi connectivity index (χ1n) is 13.5. The second kappa shape index (κ2) is 15.3. The Labute approximate surface area is 268 Å². The van der Waals surface area contributed by atoms with Gasteiger partial charge in [0.25, 0.3) is 5.91 Å². The zero-order valence-corrected chi connectivity index (χ0v) is 28.1. The van der Waals surface area contributed by atoms with Gasteiger partial charge in [0.05, 0.1) is 41.0 Å². The summed E-state index contributed by atoms with van der Waals surface area (Å²) in [6, 6.07) is 10.8. The summed E-state index contributed by atoms with van der Waals surface area (Å²) in [6.07, 6.45) is 0.688. The van der Waals surface area contributed by atoms with Gasteiger partial charge in [0, 0.05) is 10.4 Å². The lowest BCUT2D eigenvalue weighted by molar-refractivity contribution is -0.113. The number of alkyl carbamates (subject to hydrolysis) is 1. The summed E-state index contributed by atoms with van der Waals surface area (Å²) < 4.78 is 15.3. The number of aliphatic imine (C=N–C) groups is 1. The fourth-order valence-corrected chi connectivity index (χ4v) is 5.44. The summed E-state index contributed by atoms with van der Waals surface area (Å²) in [5.41, 5.74) is 2.83. The number of carbonyl (C=O) groups is 3. The van der Waals surface area contributed by atoms with Crippen molar-refractivity contribution in [3.63, 3.8) is 0 Å². The van der Waals surface area contributed by atoms with Gasteiger partial charge in [0.2, 0.25) is 11.9 Å². The highest BCUT2D eigenvalue weighted by molar-refractivity contribution is 9.09. The van der Waals surface area contributed by atoms with Gasteiger partial charge in [-0.05, 0) is 87.1 Å². The van der Waals surface area contributed by atoms with Crippen molar-refractivity contribution in [2.24, 2.45) is 4.99 Å². The van der Waals surface area contributed by atoms with Crippen LogP contribution in [-0.4, -0.2) is 46.3 Å². The van der Waals surface area contributed by atoms with Gasteiger partial charge < -0.3 is 14.8 Å². The average molecular weight is 693 g/mol. The van der Waals surface area contributed by atoms with Gasteiger partial charge in [-0.1, -0.05) is 46.9 Å². The van der Waals surface area contributed by atoms with Gasteiger partial charge in [0.1, 0.15) is 11.4 Å². The maximum Gasteiger partial charge on any atom is 0.414 e. The highest BCUT2D eigenvalue weighted by Gasteiger charge is 2.24. The van der Waals surface area contributed by atoms with Crippen LogP contribution in [0.5, 0.6) is 5.75 Å². The Kier molecular flexibility index (Phi) is 12.1. The fraction of sp³-hybridized carbons (Fsp3) is 0.367. The first kappa shape index (κ1) is 34.0. The number of alkyl halides is 1. The zero-order chi connectivity index (χ0) is 31.7. The minimum absolute atomic E-state index is 0.0632. The second-order valence-electron chi connectivity index (χ2n) is 10.5. The Morgan fingerprint density at radius 3 is 2.40 bits per heavy atom. The van der Waals surface area contributed by atoms with Crippen molar-refractivity contribution in [1.29, 1.82) is 0 Å². The number of amides is 3. The van der Waals surface area contributed by atoms with Crippen LogP contribution in [0, 0.1) is 6.92 Å². The summed E-state index contributed by atoms with van der Waals surface area (Å²) in [4.78, 5) is 43.6. The molecule has 1 aromatic heterocycles. The van der Waals surface area contributed by atoms with Crippen LogP contribution in [0.3, 0.4) is 0 Å². The molecule has 0 saturated carbocycles. The van der Waals surface area contributed by atoms with E-state index in [1.165, 1.54) is 11.5 Å². The molecular formula is C30H35BrClN5O5S. The molecule has 0 aliphatic heterocycles. The van der Waals surface area contributed by atoms with Crippen molar-refractivity contribution in [1.82, 2.24) is 15.0 Å². The molecule has 0 spiro atoms. The third-order valence-corrected chi connectivity index (χ3v) is 7.54. The van der Waals surface area contributed by atoms with Crippen LogP contribution in [0.15, 0.2) is 41.4 Å². The third kappa shape index (κ3) is 9.77. The summed E-state index contributed by atoms with van der Waals surface area (Å²) in [5, 5.41) is 8.55. The van der Waals surface area contributed by atoms with Crippen molar-refractivity contribution in [2.75, 3.05) is 17.8 Å². The summed E-state index contributed by atoms with van der Waals surface area (Å²) >= 11 is 10.8. The maximum absolute atomic E-state index is 13.8. The molecule has 43 heavy (non-hydrogen) atoms. The molecule has 10 nitrogen and oxygen atoms in total. The van der Waals surface area contributed by atoms with E-state index >= 15 is 0 Å². The second-order valence-corrected chi connectivity index (χ2v) is 12.3. The van der Waals surface area contributed by atoms with Crippen LogP contribution in [0.4, 0.5) is 10.5 Å². The number of guanidine groups is 1. The monoisotopic (exact) mass is 691 g/mol. The number of nitrogens with zero attached hydrogens (tertiary/aromatic N) is 2. The number of halogens is 2. The molecule has 2 aromatic carbocycles. The van der Waals surface area contributed by atoms with E-state index in [1.54, 1.807) is 46.1 Å². The molecule has 0 unspecified atom stereocenters. The first-order valence-corrected chi connectivity index (χ1v) is 15.8. The lowest BCUT2D eigenvalue weighted by atomic mass is 10.0. The number of ether oxygens (including phenoxy) is 2. The van der Waals surface area contributed by atoms with E-state index in [4.69, 9.17) is 21.1 Å². The number of carbonyl (C=O) groups excluding carboxylic acids is 3. The number of aryl methyl sites for hydroxylation is 2. The Bertz CT molecular complexity index is 1480. The molecule has 0 radical (unpaired) electrons. The van der Waals surface area contributed by atoms with Gasteiger partial charge in [-0.3, -0.25) is 20.2 Å². The number of hydrogen-bond acceptors (Lipinski definition) is 8. The minimum atomic E-state index is -0.777. The van der Waals surface area contributed by atoms with E-state index in [0.29, 0.717) is 39.7 Å². The molecule has 3 amide bonds. The van der Waals surface area contributed by atoms with E-state index in [9.17, 15) is 14.4 Å². The highest BCUT2D eigenvalue weighted by Crippen LogP contribution is 2.31. The van der Waals surface area contributed by atoms with Crippen LogP contribution in [0.2, 0.25) is 5.02 Å². The molecule has 1 heterocycles. The number of rotatable bonds is 9. The van der Waals surface area contributed by atoms with E-state index in [0.717, 1.165) is 22.4 Å². The Balaban J connectivity index is 1.95. The standard InChI is InChI=1S/C30H35BrClN5O5S/c1-7-8-22-24(26(37-43-22)19-9-11-20(41-6)12-10-19)27(39)35-28(36-29(40)42-30(3,4)5)33-16-18-13-17(2)25(21(32)14-18)34-23(38)15-31/h9-14H,7-8,15-16H2,1-6H3,(H,34,38)(H2,33,35,36,39,40). The quantitative estimate of drug-likeness (QED) is 0.127. The molecule has 230 valence electrons. The van der Waals surface area contributed by atoms with Gasteiger partial charge in [0.15, 0.2) is 0 Å². The normalized spacial score (nSPS) is 11.6. The van der Waals surface area contributed by atoms with E-state index < -0.39 is 17.6 Å². The van der Waals surface area contributed by atoms with Crippen molar-refractivity contribution in [2.45, 2.75) is 59.6 Å². The molecule has 0 bridgehead atoms. The zero-order valence-electron chi connectivity index (χ0n) is 24.9. The maximum atomic E-state index is 13.8. The SMILES string of the molecule is CCCc1snc(-c2ccc(OC)cc2)c1C(=O)NC(=NCc1cc(C)c(NC(=O)CBr)c(Cl)c1)NC(=O)OC(C)(C)C. The number of aromatic nitrogens is 1. The average Bonchev–Trinajstić information content (AvgIpc) is 3.36. The third-order valence-electron chi connectivity index (χ3n) is 5.83. The summed E-state index contributed by atoms with van der Waals surface area (Å²) in [5.74, 6) is -0.121. The van der Waals surface area contributed by atoms with E-state index in [-0.39, 0.29) is 23.7 Å². The van der Waals surface area contributed by atoms with Gasteiger partial charge >= 0.3 is 6.09 Å². The predicted molar refractivity (Wildman–Crippen MR) is 175 cm³/mol. The largest absolute Gasteiger partial charge is 0.497 e. The molecule has 3 N–H and O–H groups in total. The van der Waals surface area contributed by atoms with E-state index in [1.807, 2.05) is 32.0 Å². The molecule has 3 aromatic rings. The van der Waals surface area contributed by atoms with Crippen molar-refractivity contribution in [3.8, 4) is 17.0 Å². The minimum Gasteiger partial charge on any atom is -0.497 e. The van der Waals surface area contributed by atoms with Crippen LogP contribution in [0.25, 0.3) is 11.3 Å². The number of anilines is 1.